The van der Waals surface area contributed by atoms with E-state index in [-0.39, 0.29) is 12.6 Å². The number of carbonyl (C=O) groups is 1. The molecular weight excluding hydrogens is 476 g/mol. The van der Waals surface area contributed by atoms with Crippen molar-refractivity contribution in [3.63, 3.8) is 0 Å². The fraction of sp³-hybridized carbons (Fsp3) is 0.880. The smallest absolute Gasteiger partial charge is 0.332 e. The Hall–Kier alpha value is -1.15. The number of esters is 1. The zero-order chi connectivity index (χ0) is 26.6. The third-order valence-electron chi connectivity index (χ3n) is 3.85. The van der Waals surface area contributed by atoms with Gasteiger partial charge in [0.1, 0.15) is 12.2 Å². The Bertz CT molecular complexity index is 483. The van der Waals surface area contributed by atoms with E-state index in [2.05, 4.69) is 6.58 Å². The molecule has 0 saturated carbocycles. The summed E-state index contributed by atoms with van der Waals surface area (Å²) in [5.74, 6) is -0.384. The van der Waals surface area contributed by atoms with Crippen LogP contribution in [-0.2, 0) is 52.2 Å². The quantitative estimate of drug-likeness (QED) is 0.0847. The summed E-state index contributed by atoms with van der Waals surface area (Å²) < 4.78 is 53.4. The molecule has 0 bridgehead atoms. The van der Waals surface area contributed by atoms with Crippen LogP contribution in [0.3, 0.4) is 0 Å². The Kier molecular flexibility index (Phi) is 26.0. The predicted molar refractivity (Wildman–Crippen MR) is 133 cm³/mol. The second-order valence-electron chi connectivity index (χ2n) is 8.29. The van der Waals surface area contributed by atoms with Gasteiger partial charge in [0, 0.05) is 0 Å². The van der Waals surface area contributed by atoms with Crippen molar-refractivity contribution in [2.75, 3.05) is 119 Å². The lowest BCUT2D eigenvalue weighted by atomic mass is 10.2. The van der Waals surface area contributed by atoms with Gasteiger partial charge in [0.15, 0.2) is 0 Å². The molecule has 0 radical (unpaired) electrons. The first-order chi connectivity index (χ1) is 17.5. The molecule has 0 aromatic heterocycles. The largest absolute Gasteiger partial charge is 0.458 e. The van der Waals surface area contributed by atoms with Crippen LogP contribution in [0.2, 0.25) is 0 Å². The summed E-state index contributed by atoms with van der Waals surface area (Å²) in [6, 6.07) is 0. The van der Waals surface area contributed by atoms with Crippen LogP contribution in [0.4, 0.5) is 0 Å². The summed E-state index contributed by atoms with van der Waals surface area (Å²) in [5, 5.41) is 0. The third-order valence-corrected chi connectivity index (χ3v) is 3.85. The standard InChI is InChI=1S/C25H48O11/c1-5-6-27-7-8-28-9-10-29-11-12-30-13-14-31-15-16-32-17-18-33-19-20-34-21-22-35-23-24(26)36-25(2,3)4/h5H,1,6-23H2,2-4H3. The molecule has 0 saturated heterocycles. The lowest BCUT2D eigenvalue weighted by Crippen LogP contribution is -2.27. The molecule has 0 spiro atoms. The molecule has 0 fully saturated rings. The van der Waals surface area contributed by atoms with Gasteiger partial charge in [-0.15, -0.1) is 6.58 Å². The minimum atomic E-state index is -0.505. The van der Waals surface area contributed by atoms with Gasteiger partial charge in [-0.2, -0.15) is 0 Å². The Labute approximate surface area is 216 Å². The van der Waals surface area contributed by atoms with Crippen LogP contribution < -0.4 is 0 Å². The van der Waals surface area contributed by atoms with E-state index in [4.69, 9.17) is 47.4 Å². The molecule has 214 valence electrons. The first-order valence-electron chi connectivity index (χ1n) is 12.5. The van der Waals surface area contributed by atoms with Gasteiger partial charge >= 0.3 is 5.97 Å². The second-order valence-corrected chi connectivity index (χ2v) is 8.29. The average molecular weight is 525 g/mol. The van der Waals surface area contributed by atoms with Gasteiger partial charge in [-0.05, 0) is 20.8 Å². The van der Waals surface area contributed by atoms with E-state index < -0.39 is 5.60 Å². The van der Waals surface area contributed by atoms with Crippen molar-refractivity contribution < 1.29 is 52.2 Å². The summed E-state index contributed by atoms with van der Waals surface area (Å²) in [6.45, 7) is 17.3. The normalized spacial score (nSPS) is 11.6. The number of hydrogen-bond acceptors (Lipinski definition) is 11. The third kappa shape index (κ3) is 30.9. The molecule has 0 N–H and O–H groups in total. The molecule has 11 nitrogen and oxygen atoms in total. The van der Waals surface area contributed by atoms with E-state index in [0.29, 0.717) is 112 Å². The molecule has 0 atom stereocenters. The van der Waals surface area contributed by atoms with Crippen molar-refractivity contribution in [3.8, 4) is 0 Å². The molecule has 11 heteroatoms. The molecule has 0 amide bonds. The van der Waals surface area contributed by atoms with Gasteiger partial charge in [0.2, 0.25) is 0 Å². The highest BCUT2D eigenvalue weighted by Gasteiger charge is 2.15. The van der Waals surface area contributed by atoms with E-state index in [9.17, 15) is 4.79 Å². The maximum atomic E-state index is 11.5. The Morgan fingerprint density at radius 1 is 0.528 bits per heavy atom. The number of hydrogen-bond donors (Lipinski definition) is 0. The first kappa shape index (κ1) is 34.9. The van der Waals surface area contributed by atoms with Crippen molar-refractivity contribution in [2.24, 2.45) is 0 Å². The van der Waals surface area contributed by atoms with Gasteiger partial charge in [-0.25, -0.2) is 4.79 Å². The summed E-state index contributed by atoms with van der Waals surface area (Å²) in [7, 11) is 0. The molecule has 0 aliphatic rings. The molecule has 0 heterocycles. The van der Waals surface area contributed by atoms with Crippen molar-refractivity contribution in [2.45, 2.75) is 26.4 Å². The van der Waals surface area contributed by atoms with E-state index >= 15 is 0 Å². The summed E-state index contributed by atoms with van der Waals surface area (Å²) >= 11 is 0. The second kappa shape index (κ2) is 26.9. The van der Waals surface area contributed by atoms with E-state index in [1.165, 1.54) is 0 Å². The number of carbonyl (C=O) groups excluding carboxylic acids is 1. The van der Waals surface area contributed by atoms with Crippen LogP contribution in [0.1, 0.15) is 20.8 Å². The van der Waals surface area contributed by atoms with Gasteiger partial charge in [0.05, 0.1) is 112 Å². The number of rotatable bonds is 28. The highest BCUT2D eigenvalue weighted by molar-refractivity contribution is 5.71. The fourth-order valence-corrected chi connectivity index (χ4v) is 2.35. The van der Waals surface area contributed by atoms with Crippen molar-refractivity contribution in [1.82, 2.24) is 0 Å². The minimum Gasteiger partial charge on any atom is -0.458 e. The van der Waals surface area contributed by atoms with Gasteiger partial charge in [-0.3, -0.25) is 0 Å². The monoisotopic (exact) mass is 524 g/mol. The molecule has 0 unspecified atom stereocenters. The Morgan fingerprint density at radius 3 is 1.08 bits per heavy atom. The highest BCUT2D eigenvalue weighted by Crippen LogP contribution is 2.06. The molecular formula is C25H48O11. The van der Waals surface area contributed by atoms with Gasteiger partial charge in [-0.1, -0.05) is 6.08 Å². The highest BCUT2D eigenvalue weighted by atomic mass is 16.6. The summed E-state index contributed by atoms with van der Waals surface area (Å²) in [4.78, 5) is 11.5. The van der Waals surface area contributed by atoms with Crippen LogP contribution in [0.25, 0.3) is 0 Å². The van der Waals surface area contributed by atoms with Crippen molar-refractivity contribution in [1.29, 1.82) is 0 Å². The van der Waals surface area contributed by atoms with Crippen LogP contribution >= 0.6 is 0 Å². The topological polar surface area (TPSA) is 109 Å². The van der Waals surface area contributed by atoms with Crippen molar-refractivity contribution >= 4 is 5.97 Å². The van der Waals surface area contributed by atoms with Crippen LogP contribution in [0.5, 0.6) is 0 Å². The van der Waals surface area contributed by atoms with Gasteiger partial charge < -0.3 is 47.4 Å². The molecule has 0 rings (SSSR count). The zero-order valence-electron chi connectivity index (χ0n) is 22.5. The predicted octanol–water partition coefficient (Wildman–Crippen LogP) is 1.66. The first-order valence-corrected chi connectivity index (χ1v) is 12.5. The lowest BCUT2D eigenvalue weighted by Gasteiger charge is -2.19. The molecule has 36 heavy (non-hydrogen) atoms. The molecule has 0 aliphatic heterocycles. The summed E-state index contributed by atoms with van der Waals surface area (Å²) in [6.07, 6.45) is 1.71. The maximum Gasteiger partial charge on any atom is 0.332 e. The lowest BCUT2D eigenvalue weighted by molar-refractivity contribution is -0.160. The van der Waals surface area contributed by atoms with Crippen LogP contribution in [0, 0.1) is 0 Å². The van der Waals surface area contributed by atoms with E-state index in [1.54, 1.807) is 6.08 Å². The van der Waals surface area contributed by atoms with Gasteiger partial charge in [0.25, 0.3) is 0 Å². The van der Waals surface area contributed by atoms with Crippen molar-refractivity contribution in [3.05, 3.63) is 12.7 Å². The Morgan fingerprint density at radius 2 is 0.806 bits per heavy atom. The Balaban J connectivity index is 3.10. The zero-order valence-corrected chi connectivity index (χ0v) is 22.5. The molecule has 0 aromatic rings. The number of ether oxygens (including phenoxy) is 10. The van der Waals surface area contributed by atoms with Crippen LogP contribution in [-0.4, -0.2) is 130 Å². The summed E-state index contributed by atoms with van der Waals surface area (Å²) in [5.41, 5.74) is -0.505. The maximum absolute atomic E-state index is 11.5. The molecule has 0 aliphatic carbocycles. The van der Waals surface area contributed by atoms with E-state index in [1.807, 2.05) is 20.8 Å². The van der Waals surface area contributed by atoms with Crippen LogP contribution in [0.15, 0.2) is 12.7 Å². The minimum absolute atomic E-state index is 0.0784. The van der Waals surface area contributed by atoms with E-state index in [0.717, 1.165) is 0 Å². The average Bonchev–Trinajstić information content (AvgIpc) is 2.82. The molecule has 0 aromatic carbocycles. The fourth-order valence-electron chi connectivity index (χ4n) is 2.35. The SMILES string of the molecule is C=CCOCCOCCOCCOCCOCCOCCOCCOCCOCC(=O)OC(C)(C)C.